The molecule has 0 bridgehead atoms. The highest BCUT2D eigenvalue weighted by atomic mass is 35.5. The van der Waals surface area contributed by atoms with Gasteiger partial charge in [0.05, 0.1) is 23.9 Å². The van der Waals surface area contributed by atoms with Gasteiger partial charge in [-0.25, -0.2) is 9.48 Å². The lowest BCUT2D eigenvalue weighted by Gasteiger charge is -2.18. The molecule has 1 atom stereocenters. The lowest BCUT2D eigenvalue weighted by atomic mass is 9.88. The molecular weight excluding hydrogens is 413 g/mol. The summed E-state index contributed by atoms with van der Waals surface area (Å²) in [6.07, 6.45) is 3.79. The van der Waals surface area contributed by atoms with Crippen LogP contribution in [0.1, 0.15) is 34.1 Å². The van der Waals surface area contributed by atoms with E-state index in [2.05, 4.69) is 17.3 Å². The average molecular weight is 430 g/mol. The van der Waals surface area contributed by atoms with Crippen LogP contribution < -0.4 is 10.9 Å². The van der Waals surface area contributed by atoms with Gasteiger partial charge in [-0.1, -0.05) is 30.1 Å². The third-order valence-corrected chi connectivity index (χ3v) is 6.31. The lowest BCUT2D eigenvalue weighted by molar-refractivity contribution is -0.117. The topological polar surface area (TPSA) is 90.3 Å². The molecule has 1 aliphatic rings. The van der Waals surface area contributed by atoms with E-state index in [0.717, 1.165) is 34.4 Å². The first-order valence-corrected chi connectivity index (χ1v) is 9.82. The number of amides is 1. The Labute approximate surface area is 169 Å². The monoisotopic (exact) mass is 429 g/mol. The summed E-state index contributed by atoms with van der Waals surface area (Å²) < 4.78 is 5.81. The molecule has 27 heavy (non-hydrogen) atoms. The van der Waals surface area contributed by atoms with Gasteiger partial charge in [-0.05, 0) is 30.7 Å². The highest BCUT2D eigenvalue weighted by molar-refractivity contribution is 7.17. The van der Waals surface area contributed by atoms with Crippen LogP contribution in [-0.2, 0) is 28.9 Å². The first-order chi connectivity index (χ1) is 12.8. The minimum Gasteiger partial charge on any atom is -0.465 e. The molecule has 1 aliphatic carbocycles. The molecular formula is C17H17Cl2N3O4S. The molecule has 1 N–H and O–H groups in total. The van der Waals surface area contributed by atoms with Crippen LogP contribution in [0, 0.1) is 5.92 Å². The van der Waals surface area contributed by atoms with Crippen molar-refractivity contribution in [2.75, 3.05) is 12.4 Å². The van der Waals surface area contributed by atoms with Gasteiger partial charge in [-0.2, -0.15) is 5.10 Å². The number of carbonyl (C=O) groups is 2. The van der Waals surface area contributed by atoms with E-state index >= 15 is 0 Å². The number of esters is 1. The molecule has 7 nitrogen and oxygen atoms in total. The van der Waals surface area contributed by atoms with Gasteiger partial charge in [-0.3, -0.25) is 9.59 Å². The van der Waals surface area contributed by atoms with Crippen LogP contribution in [0.4, 0.5) is 5.00 Å². The summed E-state index contributed by atoms with van der Waals surface area (Å²) in [5, 5.41) is 6.77. The summed E-state index contributed by atoms with van der Waals surface area (Å²) in [5.74, 6) is -0.467. The number of anilines is 1. The number of nitrogens with one attached hydrogen (secondary N) is 1. The Bertz CT molecular complexity index is 970. The molecule has 2 heterocycles. The molecule has 1 amide bonds. The van der Waals surface area contributed by atoms with Crippen LogP contribution in [-0.4, -0.2) is 28.8 Å². The van der Waals surface area contributed by atoms with E-state index < -0.39 is 17.4 Å². The third kappa shape index (κ3) is 4.02. The van der Waals surface area contributed by atoms with Crippen LogP contribution in [0.3, 0.4) is 0 Å². The second-order valence-corrected chi connectivity index (χ2v) is 8.26. The fraction of sp³-hybridized carbons (Fsp3) is 0.412. The molecule has 2 aromatic rings. The zero-order valence-electron chi connectivity index (χ0n) is 14.7. The SMILES string of the molecule is COC(=O)c1c(NC(=O)Cn2ncc(Cl)c(Cl)c2=O)sc2c1CC[C@@H](C)C2. The Kier molecular flexibility index (Phi) is 5.88. The normalized spacial score (nSPS) is 15.9. The predicted octanol–water partition coefficient (Wildman–Crippen LogP) is 3.16. The van der Waals surface area contributed by atoms with E-state index in [4.69, 9.17) is 27.9 Å². The summed E-state index contributed by atoms with van der Waals surface area (Å²) in [7, 11) is 1.31. The molecule has 0 radical (unpaired) electrons. The van der Waals surface area contributed by atoms with Gasteiger partial charge in [0.25, 0.3) is 5.56 Å². The van der Waals surface area contributed by atoms with E-state index in [1.165, 1.54) is 24.6 Å². The van der Waals surface area contributed by atoms with E-state index in [1.807, 2.05) is 0 Å². The third-order valence-electron chi connectivity index (χ3n) is 4.39. The number of hydrogen-bond acceptors (Lipinski definition) is 6. The average Bonchev–Trinajstić information content (AvgIpc) is 2.98. The lowest BCUT2D eigenvalue weighted by Crippen LogP contribution is -2.30. The van der Waals surface area contributed by atoms with Crippen LogP contribution in [0.15, 0.2) is 11.0 Å². The van der Waals surface area contributed by atoms with E-state index in [1.54, 1.807) is 0 Å². The molecule has 0 unspecified atom stereocenters. The number of methoxy groups -OCH3 is 1. The minimum atomic E-state index is -0.660. The highest BCUT2D eigenvalue weighted by Crippen LogP contribution is 2.40. The van der Waals surface area contributed by atoms with Gasteiger partial charge in [0, 0.05) is 4.88 Å². The Morgan fingerprint density at radius 3 is 2.89 bits per heavy atom. The summed E-state index contributed by atoms with van der Waals surface area (Å²) in [4.78, 5) is 37.8. The van der Waals surface area contributed by atoms with Gasteiger partial charge in [0.15, 0.2) is 0 Å². The number of carbonyl (C=O) groups excluding carboxylic acids is 2. The number of nitrogens with zero attached hydrogens (tertiary/aromatic N) is 2. The van der Waals surface area contributed by atoms with E-state index in [0.29, 0.717) is 16.5 Å². The first-order valence-electron chi connectivity index (χ1n) is 8.25. The number of hydrogen-bond donors (Lipinski definition) is 1. The highest BCUT2D eigenvalue weighted by Gasteiger charge is 2.29. The smallest absolute Gasteiger partial charge is 0.341 e. The van der Waals surface area contributed by atoms with Crippen LogP contribution >= 0.6 is 34.5 Å². The van der Waals surface area contributed by atoms with Gasteiger partial charge in [0.2, 0.25) is 5.91 Å². The fourth-order valence-corrected chi connectivity index (χ4v) is 4.70. The number of halogens is 2. The largest absolute Gasteiger partial charge is 0.465 e. The molecule has 2 aromatic heterocycles. The van der Waals surface area contributed by atoms with Gasteiger partial charge in [0.1, 0.15) is 16.6 Å². The first kappa shape index (κ1) is 19.9. The van der Waals surface area contributed by atoms with Crippen molar-refractivity contribution in [3.05, 3.63) is 42.6 Å². The maximum Gasteiger partial charge on any atom is 0.341 e. The number of rotatable bonds is 4. The molecule has 0 spiro atoms. The molecule has 0 aromatic carbocycles. The van der Waals surface area contributed by atoms with Crippen LogP contribution in [0.2, 0.25) is 10.0 Å². The van der Waals surface area contributed by atoms with Gasteiger partial charge >= 0.3 is 5.97 Å². The standard InChI is InChI=1S/C17H17Cl2N3O4S/c1-8-3-4-9-11(5-8)27-15(13(9)17(25)26-2)21-12(23)7-22-16(24)14(19)10(18)6-20-22/h6,8H,3-5,7H2,1-2H3,(H,21,23)/t8-/m1/s1. The van der Waals surface area contributed by atoms with Crippen LogP contribution in [0.25, 0.3) is 0 Å². The fourth-order valence-electron chi connectivity index (χ4n) is 3.02. The number of ether oxygens (including phenoxy) is 1. The maximum atomic E-state index is 12.4. The van der Waals surface area contributed by atoms with Crippen molar-refractivity contribution in [1.82, 2.24) is 9.78 Å². The summed E-state index contributed by atoms with van der Waals surface area (Å²) in [5.41, 5.74) is 0.670. The second-order valence-electron chi connectivity index (χ2n) is 6.36. The Morgan fingerprint density at radius 2 is 2.19 bits per heavy atom. The van der Waals surface area contributed by atoms with Crippen molar-refractivity contribution in [1.29, 1.82) is 0 Å². The quantitative estimate of drug-likeness (QED) is 0.753. The summed E-state index contributed by atoms with van der Waals surface area (Å²) >= 11 is 12.9. The summed E-state index contributed by atoms with van der Waals surface area (Å²) in [6.45, 7) is 1.80. The molecule has 0 fully saturated rings. The van der Waals surface area contributed by atoms with Crippen molar-refractivity contribution in [2.24, 2.45) is 5.92 Å². The van der Waals surface area contributed by atoms with Gasteiger partial charge in [-0.15, -0.1) is 11.3 Å². The van der Waals surface area contributed by atoms with Crippen molar-refractivity contribution in [2.45, 2.75) is 32.7 Å². The van der Waals surface area contributed by atoms with E-state index in [-0.39, 0.29) is 16.6 Å². The predicted molar refractivity (Wildman–Crippen MR) is 104 cm³/mol. The Hall–Kier alpha value is -1.90. The summed E-state index contributed by atoms with van der Waals surface area (Å²) in [6, 6.07) is 0. The molecule has 10 heteroatoms. The Balaban J connectivity index is 1.87. The van der Waals surface area contributed by atoms with Crippen molar-refractivity contribution in [3.63, 3.8) is 0 Å². The molecule has 3 rings (SSSR count). The van der Waals surface area contributed by atoms with Crippen molar-refractivity contribution in [3.8, 4) is 0 Å². The van der Waals surface area contributed by atoms with E-state index in [9.17, 15) is 14.4 Å². The minimum absolute atomic E-state index is 0.0198. The molecule has 0 saturated heterocycles. The van der Waals surface area contributed by atoms with Gasteiger partial charge < -0.3 is 10.1 Å². The van der Waals surface area contributed by atoms with Crippen molar-refractivity contribution >= 4 is 51.4 Å². The number of fused-ring (bicyclic) bond motifs is 1. The van der Waals surface area contributed by atoms with Crippen molar-refractivity contribution < 1.29 is 14.3 Å². The zero-order valence-corrected chi connectivity index (χ0v) is 17.0. The number of thiophene rings is 1. The second kappa shape index (κ2) is 8.00. The van der Waals surface area contributed by atoms with Crippen LogP contribution in [0.5, 0.6) is 0 Å². The zero-order chi connectivity index (χ0) is 19.7. The molecule has 0 saturated carbocycles. The molecule has 0 aliphatic heterocycles. The number of aromatic nitrogens is 2. The maximum absolute atomic E-state index is 12.4. The molecule has 144 valence electrons. The Morgan fingerprint density at radius 1 is 1.44 bits per heavy atom.